The largest absolute Gasteiger partial charge is 0.494 e. The first-order valence-electron chi connectivity index (χ1n) is 5.77. The highest BCUT2D eigenvalue weighted by molar-refractivity contribution is 7.15. The first kappa shape index (κ1) is 12.6. The van der Waals surface area contributed by atoms with Crippen molar-refractivity contribution < 1.29 is 14.3 Å². The molecule has 0 unspecified atom stereocenters. The minimum Gasteiger partial charge on any atom is -0.494 e. The lowest BCUT2D eigenvalue weighted by Crippen LogP contribution is -1.94. The van der Waals surface area contributed by atoms with Crippen LogP contribution in [0.4, 0.5) is 0 Å². The number of thiophene rings is 1. The molecular formula is C14H14O3S. The summed E-state index contributed by atoms with van der Waals surface area (Å²) in [6.07, 6.45) is 1.81. The Kier molecular flexibility index (Phi) is 4.36. The van der Waals surface area contributed by atoms with Crippen molar-refractivity contribution in [1.82, 2.24) is 0 Å². The molecule has 0 aliphatic carbocycles. The average molecular weight is 262 g/mol. The standard InChI is InChI=1S/C14H14O3S/c1-2-9-16-11-3-5-12(6-4-11)17-14-8-7-13(10-15)18-14/h3-8,10H,2,9H2,1H3. The molecule has 0 bridgehead atoms. The number of benzene rings is 1. The minimum absolute atomic E-state index is 0.660. The summed E-state index contributed by atoms with van der Waals surface area (Å²) >= 11 is 1.32. The molecule has 0 spiro atoms. The van der Waals surface area contributed by atoms with Crippen LogP contribution in [0, 0.1) is 0 Å². The predicted octanol–water partition coefficient (Wildman–Crippen LogP) is 4.14. The van der Waals surface area contributed by atoms with Gasteiger partial charge in [-0.05, 0) is 42.8 Å². The van der Waals surface area contributed by atoms with E-state index in [4.69, 9.17) is 9.47 Å². The van der Waals surface area contributed by atoms with Crippen molar-refractivity contribution in [1.29, 1.82) is 0 Å². The van der Waals surface area contributed by atoms with Gasteiger partial charge in [0.2, 0.25) is 0 Å². The zero-order valence-electron chi connectivity index (χ0n) is 10.1. The fourth-order valence-corrected chi connectivity index (χ4v) is 2.08. The van der Waals surface area contributed by atoms with E-state index in [9.17, 15) is 4.79 Å². The molecule has 18 heavy (non-hydrogen) atoms. The Balaban J connectivity index is 1.99. The smallest absolute Gasteiger partial charge is 0.181 e. The van der Waals surface area contributed by atoms with Gasteiger partial charge in [0, 0.05) is 0 Å². The number of carbonyl (C=O) groups is 1. The van der Waals surface area contributed by atoms with Crippen LogP contribution in [0.3, 0.4) is 0 Å². The van der Waals surface area contributed by atoms with Crippen LogP contribution in [-0.2, 0) is 0 Å². The van der Waals surface area contributed by atoms with Crippen molar-refractivity contribution in [2.24, 2.45) is 0 Å². The highest BCUT2D eigenvalue weighted by Crippen LogP contribution is 2.29. The third kappa shape index (κ3) is 3.34. The van der Waals surface area contributed by atoms with E-state index in [2.05, 4.69) is 6.92 Å². The average Bonchev–Trinajstić information content (AvgIpc) is 2.86. The summed E-state index contributed by atoms with van der Waals surface area (Å²) in [5.41, 5.74) is 0. The van der Waals surface area contributed by atoms with Crippen LogP contribution in [-0.4, -0.2) is 12.9 Å². The van der Waals surface area contributed by atoms with Gasteiger partial charge < -0.3 is 9.47 Å². The van der Waals surface area contributed by atoms with Gasteiger partial charge in [-0.15, -0.1) is 0 Å². The first-order valence-corrected chi connectivity index (χ1v) is 6.59. The molecule has 1 aromatic heterocycles. The molecule has 0 amide bonds. The summed E-state index contributed by atoms with van der Waals surface area (Å²) in [7, 11) is 0. The molecule has 0 saturated heterocycles. The van der Waals surface area contributed by atoms with Crippen LogP contribution in [0.1, 0.15) is 23.0 Å². The van der Waals surface area contributed by atoms with Gasteiger partial charge in [0.15, 0.2) is 11.3 Å². The van der Waals surface area contributed by atoms with Gasteiger partial charge in [-0.2, -0.15) is 0 Å². The second-order valence-electron chi connectivity index (χ2n) is 3.70. The monoisotopic (exact) mass is 262 g/mol. The van der Waals surface area contributed by atoms with Crippen LogP contribution < -0.4 is 9.47 Å². The molecule has 1 heterocycles. The van der Waals surface area contributed by atoms with Crippen LogP contribution in [0.5, 0.6) is 16.6 Å². The molecule has 1 aromatic carbocycles. The lowest BCUT2D eigenvalue weighted by atomic mass is 10.3. The number of hydrogen-bond acceptors (Lipinski definition) is 4. The van der Waals surface area contributed by atoms with Crippen LogP contribution >= 0.6 is 11.3 Å². The quantitative estimate of drug-likeness (QED) is 0.734. The SMILES string of the molecule is CCCOc1ccc(Oc2ccc(C=O)s2)cc1. The summed E-state index contributed by atoms with van der Waals surface area (Å²) in [5.74, 6) is 1.57. The molecule has 94 valence electrons. The maximum atomic E-state index is 10.6. The normalized spacial score (nSPS) is 10.1. The zero-order valence-corrected chi connectivity index (χ0v) is 10.9. The molecule has 0 radical (unpaired) electrons. The number of aldehydes is 1. The maximum Gasteiger partial charge on any atom is 0.181 e. The molecule has 0 aliphatic rings. The molecule has 2 rings (SSSR count). The Morgan fingerprint density at radius 2 is 1.83 bits per heavy atom. The van der Waals surface area contributed by atoms with Crippen LogP contribution in [0.25, 0.3) is 0 Å². The van der Waals surface area contributed by atoms with E-state index in [-0.39, 0.29) is 0 Å². The topological polar surface area (TPSA) is 35.5 Å². The molecule has 0 atom stereocenters. The fraction of sp³-hybridized carbons (Fsp3) is 0.214. The van der Waals surface area contributed by atoms with Crippen molar-refractivity contribution in [3.63, 3.8) is 0 Å². The zero-order chi connectivity index (χ0) is 12.8. The number of hydrogen-bond donors (Lipinski definition) is 0. The van der Waals surface area contributed by atoms with Crippen molar-refractivity contribution in [3.05, 3.63) is 41.3 Å². The van der Waals surface area contributed by atoms with E-state index in [0.29, 0.717) is 16.5 Å². The predicted molar refractivity (Wildman–Crippen MR) is 72.0 cm³/mol. The molecule has 0 fully saturated rings. The van der Waals surface area contributed by atoms with Crippen molar-refractivity contribution in [3.8, 4) is 16.6 Å². The van der Waals surface area contributed by atoms with Gasteiger partial charge in [0.05, 0.1) is 11.5 Å². The summed E-state index contributed by atoms with van der Waals surface area (Å²) in [6, 6.07) is 11.0. The van der Waals surface area contributed by atoms with Crippen LogP contribution in [0.15, 0.2) is 36.4 Å². The molecule has 0 aliphatic heterocycles. The van der Waals surface area contributed by atoms with E-state index >= 15 is 0 Å². The summed E-state index contributed by atoms with van der Waals surface area (Å²) < 4.78 is 11.1. The summed E-state index contributed by atoms with van der Waals surface area (Å²) in [4.78, 5) is 11.2. The second-order valence-corrected chi connectivity index (χ2v) is 4.77. The summed E-state index contributed by atoms with van der Waals surface area (Å²) in [6.45, 7) is 2.78. The second kappa shape index (κ2) is 6.21. The lowest BCUT2D eigenvalue weighted by molar-refractivity contribution is 0.112. The summed E-state index contributed by atoms with van der Waals surface area (Å²) in [5, 5.41) is 0.708. The Morgan fingerprint density at radius 1 is 1.11 bits per heavy atom. The molecule has 0 N–H and O–H groups in total. The number of rotatable bonds is 6. The Hall–Kier alpha value is -1.81. The number of carbonyl (C=O) groups excluding carboxylic acids is 1. The third-order valence-corrected chi connectivity index (χ3v) is 3.12. The van der Waals surface area contributed by atoms with Crippen molar-refractivity contribution >= 4 is 17.6 Å². The fourth-order valence-electron chi connectivity index (χ4n) is 1.39. The van der Waals surface area contributed by atoms with Gasteiger partial charge in [0.25, 0.3) is 0 Å². The van der Waals surface area contributed by atoms with Gasteiger partial charge in [-0.1, -0.05) is 18.3 Å². The number of ether oxygens (including phenoxy) is 2. The molecule has 4 heteroatoms. The van der Waals surface area contributed by atoms with Gasteiger partial charge in [-0.25, -0.2) is 0 Å². The van der Waals surface area contributed by atoms with E-state index in [1.54, 1.807) is 12.1 Å². The van der Waals surface area contributed by atoms with Gasteiger partial charge in [-0.3, -0.25) is 4.79 Å². The minimum atomic E-state index is 0.660. The molecular weight excluding hydrogens is 248 g/mol. The lowest BCUT2D eigenvalue weighted by Gasteiger charge is -2.06. The Bertz CT molecular complexity index is 502. The first-order chi connectivity index (χ1) is 8.81. The molecule has 2 aromatic rings. The molecule has 3 nitrogen and oxygen atoms in total. The van der Waals surface area contributed by atoms with E-state index in [1.807, 2.05) is 24.3 Å². The van der Waals surface area contributed by atoms with Gasteiger partial charge in [0.1, 0.15) is 11.5 Å². The highest BCUT2D eigenvalue weighted by Gasteiger charge is 2.02. The van der Waals surface area contributed by atoms with Crippen molar-refractivity contribution in [2.45, 2.75) is 13.3 Å². The van der Waals surface area contributed by atoms with Gasteiger partial charge >= 0.3 is 0 Å². The Morgan fingerprint density at radius 3 is 2.44 bits per heavy atom. The van der Waals surface area contributed by atoms with Crippen LogP contribution in [0.2, 0.25) is 0 Å². The van der Waals surface area contributed by atoms with E-state index in [1.165, 1.54) is 11.3 Å². The Labute approximate surface area is 110 Å². The highest BCUT2D eigenvalue weighted by atomic mass is 32.1. The van der Waals surface area contributed by atoms with Crippen molar-refractivity contribution in [2.75, 3.05) is 6.61 Å². The third-order valence-electron chi connectivity index (χ3n) is 2.23. The van der Waals surface area contributed by atoms with E-state index < -0.39 is 0 Å². The van der Waals surface area contributed by atoms with E-state index in [0.717, 1.165) is 24.2 Å². The molecule has 0 saturated carbocycles. The maximum absolute atomic E-state index is 10.6.